The lowest BCUT2D eigenvalue weighted by Crippen LogP contribution is -2.39. The Morgan fingerprint density at radius 2 is 1.67 bits per heavy atom. The lowest BCUT2D eigenvalue weighted by atomic mass is 10.2. The van der Waals surface area contributed by atoms with E-state index in [0.717, 1.165) is 11.3 Å². The van der Waals surface area contributed by atoms with Gasteiger partial charge in [-0.05, 0) is 19.1 Å². The van der Waals surface area contributed by atoms with E-state index in [-0.39, 0.29) is 36.3 Å². The first-order valence-electron chi connectivity index (χ1n) is 9.38. The van der Waals surface area contributed by atoms with Crippen molar-refractivity contribution in [1.82, 2.24) is 10.6 Å². The summed E-state index contributed by atoms with van der Waals surface area (Å²) in [7, 11) is 1.63. The van der Waals surface area contributed by atoms with Crippen LogP contribution in [0.1, 0.15) is 18.1 Å². The molecule has 0 aromatic heterocycles. The molecule has 30 heavy (non-hydrogen) atoms. The summed E-state index contributed by atoms with van der Waals surface area (Å²) in [6.45, 7) is 1.40. The van der Waals surface area contributed by atoms with Crippen LogP contribution >= 0.6 is 24.0 Å². The lowest BCUT2D eigenvalue weighted by Gasteiger charge is -2.13. The van der Waals surface area contributed by atoms with Crippen molar-refractivity contribution in [1.29, 1.82) is 0 Å². The molecule has 0 fully saturated rings. The molecule has 9 heteroatoms. The zero-order valence-electron chi connectivity index (χ0n) is 17.1. The Balaban J connectivity index is 0.00000450. The molecule has 2 rings (SSSR count). The van der Waals surface area contributed by atoms with Gasteiger partial charge in [0.2, 0.25) is 0 Å². The highest BCUT2D eigenvalue weighted by Crippen LogP contribution is 2.21. The summed E-state index contributed by atoms with van der Waals surface area (Å²) >= 11 is 0. The maximum atomic E-state index is 12.5. The molecule has 0 bridgehead atoms. The first kappa shape index (κ1) is 25.9. The summed E-state index contributed by atoms with van der Waals surface area (Å²) in [5, 5.41) is 6.27. The molecular weight excluding hydrogens is 507 g/mol. The number of aliphatic imine (C=N–C) groups is 1. The monoisotopic (exact) mass is 535 g/mol. The summed E-state index contributed by atoms with van der Waals surface area (Å²) < 4.78 is 40.6. The second-order valence-corrected chi connectivity index (χ2v) is 5.97. The van der Waals surface area contributed by atoms with Gasteiger partial charge in [0.25, 0.3) is 0 Å². The molecule has 0 radical (unpaired) electrons. The van der Waals surface area contributed by atoms with E-state index in [1.54, 1.807) is 25.3 Å². The van der Waals surface area contributed by atoms with Gasteiger partial charge in [-0.3, -0.25) is 0 Å². The minimum Gasteiger partial charge on any atom is -0.496 e. The van der Waals surface area contributed by atoms with Crippen LogP contribution in [0, 0.1) is 0 Å². The number of halogens is 3. The molecule has 0 aliphatic rings. The highest BCUT2D eigenvalue weighted by atomic mass is 127. The Morgan fingerprint density at radius 3 is 2.33 bits per heavy atom. The van der Waals surface area contributed by atoms with Crippen LogP contribution in [-0.2, 0) is 17.9 Å². The number of nitrogens with zero attached hydrogens (tertiary/aromatic N) is 1. The Morgan fingerprint density at radius 1 is 1.00 bits per heavy atom. The van der Waals surface area contributed by atoms with E-state index < -0.39 is 6.61 Å². The minimum absolute atomic E-state index is 0. The molecule has 2 aromatic carbocycles. The van der Waals surface area contributed by atoms with Gasteiger partial charge in [0, 0.05) is 24.2 Å². The second-order valence-electron chi connectivity index (χ2n) is 5.97. The number of alkyl halides is 2. The van der Waals surface area contributed by atoms with E-state index in [2.05, 4.69) is 20.4 Å². The number of benzene rings is 2. The molecule has 2 N–H and O–H groups in total. The fourth-order valence-electron chi connectivity index (χ4n) is 2.60. The maximum absolute atomic E-state index is 12.5. The van der Waals surface area contributed by atoms with Crippen LogP contribution in [0.4, 0.5) is 8.78 Å². The largest absolute Gasteiger partial charge is 0.496 e. The van der Waals surface area contributed by atoms with E-state index >= 15 is 0 Å². The third-order valence-electron chi connectivity index (χ3n) is 3.93. The van der Waals surface area contributed by atoms with E-state index in [0.29, 0.717) is 37.8 Å². The third-order valence-corrected chi connectivity index (χ3v) is 3.93. The Kier molecular flexibility index (Phi) is 12.8. The van der Waals surface area contributed by atoms with Crippen molar-refractivity contribution in [2.45, 2.75) is 26.7 Å². The van der Waals surface area contributed by atoms with Gasteiger partial charge >= 0.3 is 6.61 Å². The number of nitrogens with one attached hydrogen (secondary N) is 2. The summed E-state index contributed by atoms with van der Waals surface area (Å²) in [6.07, 6.45) is 0. The number of ether oxygens (including phenoxy) is 3. The third kappa shape index (κ3) is 9.12. The number of guanidine groups is 1. The predicted octanol–water partition coefficient (Wildman–Crippen LogP) is 4.19. The zero-order valence-corrected chi connectivity index (χ0v) is 19.4. The highest BCUT2D eigenvalue weighted by molar-refractivity contribution is 14.0. The van der Waals surface area contributed by atoms with Crippen molar-refractivity contribution in [2.24, 2.45) is 4.99 Å². The van der Waals surface area contributed by atoms with Crippen LogP contribution < -0.4 is 20.1 Å². The van der Waals surface area contributed by atoms with E-state index in [9.17, 15) is 8.78 Å². The van der Waals surface area contributed by atoms with Gasteiger partial charge in [0.1, 0.15) is 11.5 Å². The quantitative estimate of drug-likeness (QED) is 0.196. The molecule has 0 spiro atoms. The van der Waals surface area contributed by atoms with Crippen molar-refractivity contribution in [2.75, 3.05) is 26.8 Å². The van der Waals surface area contributed by atoms with Gasteiger partial charge in [-0.1, -0.05) is 36.4 Å². The van der Waals surface area contributed by atoms with Crippen LogP contribution in [0.15, 0.2) is 53.5 Å². The Hall–Kier alpha value is -2.14. The summed E-state index contributed by atoms with van der Waals surface area (Å²) in [6, 6.07) is 14.3. The average Bonchev–Trinajstić information content (AvgIpc) is 2.72. The van der Waals surface area contributed by atoms with Gasteiger partial charge < -0.3 is 24.8 Å². The van der Waals surface area contributed by atoms with Crippen molar-refractivity contribution in [3.8, 4) is 11.5 Å². The molecule has 166 valence electrons. The molecule has 0 saturated heterocycles. The van der Waals surface area contributed by atoms with Crippen LogP contribution in [0.25, 0.3) is 0 Å². The van der Waals surface area contributed by atoms with Gasteiger partial charge in [0.05, 0.1) is 26.9 Å². The summed E-state index contributed by atoms with van der Waals surface area (Å²) in [5.74, 6) is 1.49. The SMILES string of the molecule is CCNC(=NCc1ccccc1OC(F)F)NCCOCc1ccccc1OC.I. The zero-order chi connectivity index (χ0) is 20.9. The second kappa shape index (κ2) is 14.8. The van der Waals surface area contributed by atoms with Crippen LogP contribution in [0.3, 0.4) is 0 Å². The van der Waals surface area contributed by atoms with Crippen LogP contribution in [-0.4, -0.2) is 39.4 Å². The lowest BCUT2D eigenvalue weighted by molar-refractivity contribution is -0.0504. The smallest absolute Gasteiger partial charge is 0.387 e. The molecule has 0 amide bonds. The van der Waals surface area contributed by atoms with Crippen molar-refractivity contribution in [3.63, 3.8) is 0 Å². The van der Waals surface area contributed by atoms with E-state index in [1.165, 1.54) is 6.07 Å². The van der Waals surface area contributed by atoms with Crippen LogP contribution in [0.2, 0.25) is 0 Å². The molecule has 2 aromatic rings. The van der Waals surface area contributed by atoms with Gasteiger partial charge in [-0.15, -0.1) is 24.0 Å². The van der Waals surface area contributed by atoms with E-state index in [1.807, 2.05) is 31.2 Å². The molecular formula is C21H28F2IN3O3. The molecule has 0 unspecified atom stereocenters. The molecule has 0 aliphatic carbocycles. The van der Waals surface area contributed by atoms with Crippen molar-refractivity contribution in [3.05, 3.63) is 59.7 Å². The summed E-state index contributed by atoms with van der Waals surface area (Å²) in [5.41, 5.74) is 1.56. The number of hydrogen-bond acceptors (Lipinski definition) is 4. The number of rotatable bonds is 11. The Bertz CT molecular complexity index is 779. The Labute approximate surface area is 193 Å². The number of hydrogen-bond donors (Lipinski definition) is 2. The molecule has 0 heterocycles. The van der Waals surface area contributed by atoms with Crippen molar-refractivity contribution >= 4 is 29.9 Å². The van der Waals surface area contributed by atoms with Gasteiger partial charge in [-0.25, -0.2) is 4.99 Å². The summed E-state index contributed by atoms with van der Waals surface area (Å²) in [4.78, 5) is 4.43. The van der Waals surface area contributed by atoms with E-state index in [4.69, 9.17) is 9.47 Å². The molecule has 0 atom stereocenters. The highest BCUT2D eigenvalue weighted by Gasteiger charge is 2.09. The number of methoxy groups -OCH3 is 1. The normalized spacial score (nSPS) is 11.0. The fraction of sp³-hybridized carbons (Fsp3) is 0.381. The standard InChI is InChI=1S/C21H27F2N3O3.HI/c1-3-24-21(26-14-16-8-4-7-11-19(16)29-20(22)23)25-12-13-28-15-17-9-5-6-10-18(17)27-2;/h4-11,20H,3,12-15H2,1-2H3,(H2,24,25,26);1H. The number of para-hydroxylation sites is 2. The first-order valence-corrected chi connectivity index (χ1v) is 9.38. The van der Waals surface area contributed by atoms with Crippen LogP contribution in [0.5, 0.6) is 11.5 Å². The van der Waals surface area contributed by atoms with Crippen molar-refractivity contribution < 1.29 is 23.0 Å². The first-order chi connectivity index (χ1) is 14.1. The maximum Gasteiger partial charge on any atom is 0.387 e. The molecule has 6 nitrogen and oxygen atoms in total. The van der Waals surface area contributed by atoms with Gasteiger partial charge in [0.15, 0.2) is 5.96 Å². The fourth-order valence-corrected chi connectivity index (χ4v) is 2.60. The minimum atomic E-state index is -2.87. The average molecular weight is 535 g/mol. The topological polar surface area (TPSA) is 64.1 Å². The molecule has 0 saturated carbocycles. The molecule has 0 aliphatic heterocycles. The predicted molar refractivity (Wildman–Crippen MR) is 124 cm³/mol. The van der Waals surface area contributed by atoms with Gasteiger partial charge in [-0.2, -0.15) is 8.78 Å².